The van der Waals surface area contributed by atoms with Crippen LogP contribution in [-0.2, 0) is 21.4 Å². The summed E-state index contributed by atoms with van der Waals surface area (Å²) in [5.41, 5.74) is 0.636. The Labute approximate surface area is 158 Å². The Morgan fingerprint density at radius 3 is 2.69 bits per heavy atom. The Morgan fingerprint density at radius 2 is 2.04 bits per heavy atom. The van der Waals surface area contributed by atoms with Crippen LogP contribution in [0.2, 0.25) is 0 Å². The molecule has 26 heavy (non-hydrogen) atoms. The number of ether oxygens (including phenoxy) is 1. The monoisotopic (exact) mass is 381 g/mol. The zero-order chi connectivity index (χ0) is 19.1. The van der Waals surface area contributed by atoms with Crippen LogP contribution in [0.3, 0.4) is 0 Å². The van der Waals surface area contributed by atoms with Crippen LogP contribution in [0.25, 0.3) is 0 Å². The number of piperidine rings is 1. The molecule has 0 atom stereocenters. The second kappa shape index (κ2) is 9.75. The lowest BCUT2D eigenvalue weighted by atomic mass is 9.97. The van der Waals surface area contributed by atoms with Crippen molar-refractivity contribution in [3.8, 4) is 0 Å². The predicted molar refractivity (Wildman–Crippen MR) is 100 cm³/mol. The molecule has 1 aliphatic rings. The Hall–Kier alpha value is -1.83. The number of aromatic nitrogens is 2. The number of thioether (sulfide) groups is 1. The van der Waals surface area contributed by atoms with Gasteiger partial charge in [0.1, 0.15) is 0 Å². The molecule has 1 fully saturated rings. The van der Waals surface area contributed by atoms with Crippen molar-refractivity contribution in [2.75, 3.05) is 25.4 Å². The highest BCUT2D eigenvalue weighted by Gasteiger charge is 2.27. The molecule has 144 valence electrons. The first-order chi connectivity index (χ1) is 12.4. The lowest BCUT2D eigenvalue weighted by Crippen LogP contribution is -2.40. The van der Waals surface area contributed by atoms with Crippen molar-refractivity contribution >= 4 is 23.6 Å². The lowest BCUT2D eigenvalue weighted by Gasteiger charge is -2.31. The smallest absolute Gasteiger partial charge is 0.309 e. The SMILES string of the molecule is CCOC(=O)C1CCN(C(=O)CCCSc2nc(C)cc(=O)n2C)CC1. The largest absolute Gasteiger partial charge is 0.466 e. The molecule has 0 N–H and O–H groups in total. The number of aryl methyl sites for hydroxylation is 1. The molecule has 1 amide bonds. The van der Waals surface area contributed by atoms with Crippen molar-refractivity contribution in [2.24, 2.45) is 13.0 Å². The van der Waals surface area contributed by atoms with Crippen LogP contribution in [0.15, 0.2) is 16.0 Å². The van der Waals surface area contributed by atoms with Crippen LogP contribution in [0.4, 0.5) is 0 Å². The zero-order valence-electron chi connectivity index (χ0n) is 15.7. The summed E-state index contributed by atoms with van der Waals surface area (Å²) in [6.45, 7) is 5.23. The number of amides is 1. The van der Waals surface area contributed by atoms with E-state index in [1.54, 1.807) is 20.9 Å². The quantitative estimate of drug-likeness (QED) is 0.310. The topological polar surface area (TPSA) is 81.5 Å². The van der Waals surface area contributed by atoms with Gasteiger partial charge in [-0.3, -0.25) is 19.0 Å². The van der Waals surface area contributed by atoms with Gasteiger partial charge in [-0.15, -0.1) is 0 Å². The van der Waals surface area contributed by atoms with Gasteiger partial charge in [0.15, 0.2) is 5.16 Å². The van der Waals surface area contributed by atoms with Gasteiger partial charge in [0.25, 0.3) is 5.56 Å². The molecule has 1 saturated heterocycles. The molecular weight excluding hydrogens is 354 g/mol. The Kier molecular flexibility index (Phi) is 7.68. The first-order valence-corrected chi connectivity index (χ1v) is 10.0. The first kappa shape index (κ1) is 20.5. The summed E-state index contributed by atoms with van der Waals surface area (Å²) in [6, 6.07) is 1.51. The molecule has 1 aromatic rings. The van der Waals surface area contributed by atoms with Crippen molar-refractivity contribution in [2.45, 2.75) is 44.7 Å². The van der Waals surface area contributed by atoms with Gasteiger partial charge in [0.05, 0.1) is 12.5 Å². The molecule has 7 nitrogen and oxygen atoms in total. The third-order valence-corrected chi connectivity index (χ3v) is 5.57. The van der Waals surface area contributed by atoms with Gasteiger partial charge in [-0.25, -0.2) is 4.98 Å². The summed E-state index contributed by atoms with van der Waals surface area (Å²) in [4.78, 5) is 42.0. The lowest BCUT2D eigenvalue weighted by molar-refractivity contribution is -0.151. The Morgan fingerprint density at radius 1 is 1.35 bits per heavy atom. The van der Waals surface area contributed by atoms with Gasteiger partial charge in [0, 0.05) is 44.1 Å². The molecule has 0 aromatic carbocycles. The number of hydrogen-bond acceptors (Lipinski definition) is 6. The number of likely N-dealkylation sites (tertiary alicyclic amines) is 1. The van der Waals surface area contributed by atoms with Gasteiger partial charge < -0.3 is 9.64 Å². The highest BCUT2D eigenvalue weighted by atomic mass is 32.2. The fourth-order valence-corrected chi connectivity index (χ4v) is 3.89. The van der Waals surface area contributed by atoms with Crippen molar-refractivity contribution in [1.82, 2.24) is 14.5 Å². The van der Waals surface area contributed by atoms with E-state index in [9.17, 15) is 14.4 Å². The van der Waals surface area contributed by atoms with E-state index in [1.807, 2.05) is 4.90 Å². The maximum atomic E-state index is 12.3. The molecule has 0 radical (unpaired) electrons. The number of carbonyl (C=O) groups excluding carboxylic acids is 2. The summed E-state index contributed by atoms with van der Waals surface area (Å²) in [7, 11) is 1.70. The molecule has 1 aromatic heterocycles. The molecule has 1 aliphatic heterocycles. The zero-order valence-corrected chi connectivity index (χ0v) is 16.5. The number of hydrogen-bond donors (Lipinski definition) is 0. The minimum atomic E-state index is -0.146. The van der Waals surface area contributed by atoms with Gasteiger partial charge in [0.2, 0.25) is 5.91 Å². The summed E-state index contributed by atoms with van der Waals surface area (Å²) in [5, 5.41) is 0.678. The van der Waals surface area contributed by atoms with Crippen LogP contribution in [-0.4, -0.2) is 51.8 Å². The fraction of sp³-hybridized carbons (Fsp3) is 0.667. The van der Waals surface area contributed by atoms with E-state index in [-0.39, 0.29) is 23.4 Å². The Bertz CT molecular complexity index is 696. The molecule has 0 spiro atoms. The highest BCUT2D eigenvalue weighted by molar-refractivity contribution is 7.99. The molecule has 2 heterocycles. The van der Waals surface area contributed by atoms with E-state index in [4.69, 9.17) is 4.74 Å². The molecule has 0 saturated carbocycles. The average molecular weight is 381 g/mol. The van der Waals surface area contributed by atoms with Gasteiger partial charge in [-0.1, -0.05) is 11.8 Å². The number of nitrogens with zero attached hydrogens (tertiary/aromatic N) is 3. The maximum absolute atomic E-state index is 12.3. The number of carbonyl (C=O) groups is 2. The second-order valence-corrected chi connectivity index (χ2v) is 7.50. The van der Waals surface area contributed by atoms with E-state index in [1.165, 1.54) is 22.4 Å². The third kappa shape index (κ3) is 5.59. The van der Waals surface area contributed by atoms with Crippen LogP contribution in [0, 0.1) is 12.8 Å². The number of rotatable bonds is 7. The highest BCUT2D eigenvalue weighted by Crippen LogP contribution is 2.20. The van der Waals surface area contributed by atoms with Crippen LogP contribution >= 0.6 is 11.8 Å². The minimum Gasteiger partial charge on any atom is -0.466 e. The molecule has 0 bridgehead atoms. The van der Waals surface area contributed by atoms with Crippen LogP contribution in [0.1, 0.15) is 38.3 Å². The van der Waals surface area contributed by atoms with Crippen molar-refractivity contribution < 1.29 is 14.3 Å². The van der Waals surface area contributed by atoms with E-state index in [0.717, 1.165) is 12.2 Å². The van der Waals surface area contributed by atoms with Crippen LogP contribution < -0.4 is 5.56 Å². The first-order valence-electron chi connectivity index (χ1n) is 9.04. The molecule has 0 unspecified atom stereocenters. The summed E-state index contributed by atoms with van der Waals surface area (Å²) in [5.74, 6) is 0.629. The van der Waals surface area contributed by atoms with E-state index < -0.39 is 0 Å². The van der Waals surface area contributed by atoms with Crippen LogP contribution in [0.5, 0.6) is 0 Å². The van der Waals surface area contributed by atoms with Crippen molar-refractivity contribution in [3.05, 3.63) is 22.1 Å². The summed E-state index contributed by atoms with van der Waals surface area (Å²) >= 11 is 1.49. The molecular formula is C18H27N3O4S. The van der Waals surface area contributed by atoms with Crippen molar-refractivity contribution in [1.29, 1.82) is 0 Å². The van der Waals surface area contributed by atoms with Gasteiger partial charge in [-0.05, 0) is 33.1 Å². The molecule has 8 heteroatoms. The normalized spacial score (nSPS) is 15.1. The second-order valence-electron chi connectivity index (χ2n) is 6.44. The summed E-state index contributed by atoms with van der Waals surface area (Å²) in [6.07, 6.45) is 2.55. The molecule has 2 rings (SSSR count). The third-order valence-electron chi connectivity index (χ3n) is 4.46. The van der Waals surface area contributed by atoms with E-state index >= 15 is 0 Å². The van der Waals surface area contributed by atoms with Gasteiger partial charge in [-0.2, -0.15) is 0 Å². The molecule has 0 aliphatic carbocycles. The average Bonchev–Trinajstić information content (AvgIpc) is 2.62. The Balaban J connectivity index is 1.72. The van der Waals surface area contributed by atoms with E-state index in [0.29, 0.717) is 49.8 Å². The van der Waals surface area contributed by atoms with Crippen molar-refractivity contribution in [3.63, 3.8) is 0 Å². The van der Waals surface area contributed by atoms with E-state index in [2.05, 4.69) is 4.98 Å². The minimum absolute atomic E-state index is 0.0689. The standard InChI is InChI=1S/C18H27N3O4S/c1-4-25-17(24)14-7-9-21(10-8-14)15(22)6-5-11-26-18-19-13(2)12-16(23)20(18)3/h12,14H,4-11H2,1-3H3. The number of esters is 1. The predicted octanol–water partition coefficient (Wildman–Crippen LogP) is 1.76. The fourth-order valence-electron chi connectivity index (χ4n) is 2.93. The maximum Gasteiger partial charge on any atom is 0.309 e. The van der Waals surface area contributed by atoms with Gasteiger partial charge >= 0.3 is 5.97 Å². The summed E-state index contributed by atoms with van der Waals surface area (Å²) < 4.78 is 6.58.